The monoisotopic (exact) mass is 395 g/mol. The first-order chi connectivity index (χ1) is 12.2. The third-order valence-electron chi connectivity index (χ3n) is 4.34. The maximum atomic E-state index is 12.7. The van der Waals surface area contributed by atoms with Gasteiger partial charge in [-0.15, -0.1) is 0 Å². The number of hydrogen-bond acceptors (Lipinski definition) is 5. The third-order valence-corrected chi connectivity index (χ3v) is 7.59. The van der Waals surface area contributed by atoms with Crippen LogP contribution in [0.15, 0.2) is 58.3 Å². The van der Waals surface area contributed by atoms with Crippen molar-refractivity contribution in [1.82, 2.24) is 4.31 Å². The Hall–Kier alpha value is -1.74. The third kappa shape index (κ3) is 3.98. The van der Waals surface area contributed by atoms with Gasteiger partial charge in [-0.1, -0.05) is 35.4 Å². The van der Waals surface area contributed by atoms with E-state index in [1.807, 2.05) is 13.8 Å². The second kappa shape index (κ2) is 7.11. The SMILES string of the molecule is Cc1ccc(S(=O)(=O)OC2CCN(S(=O)(=O)c3ccc(C)cc3)C2)cc1. The number of sulfonamides is 1. The topological polar surface area (TPSA) is 80.8 Å². The van der Waals surface area contributed by atoms with E-state index in [0.29, 0.717) is 6.42 Å². The van der Waals surface area contributed by atoms with E-state index < -0.39 is 26.2 Å². The molecule has 1 aliphatic rings. The van der Waals surface area contributed by atoms with E-state index in [1.165, 1.54) is 16.4 Å². The predicted molar refractivity (Wildman–Crippen MR) is 97.8 cm³/mol. The lowest BCUT2D eigenvalue weighted by Gasteiger charge is -2.17. The highest BCUT2D eigenvalue weighted by Gasteiger charge is 2.35. The van der Waals surface area contributed by atoms with E-state index in [0.717, 1.165) is 11.1 Å². The van der Waals surface area contributed by atoms with Gasteiger partial charge in [0.15, 0.2) is 0 Å². The summed E-state index contributed by atoms with van der Waals surface area (Å²) in [6.45, 7) is 3.99. The van der Waals surface area contributed by atoms with Crippen LogP contribution in [-0.2, 0) is 24.3 Å². The molecular formula is C18H21NO5S2. The molecular weight excluding hydrogens is 374 g/mol. The Bertz CT molecular complexity index is 981. The van der Waals surface area contributed by atoms with Crippen LogP contribution in [0.1, 0.15) is 17.5 Å². The second-order valence-electron chi connectivity index (χ2n) is 6.45. The molecule has 2 aromatic carbocycles. The van der Waals surface area contributed by atoms with Crippen LogP contribution in [0.3, 0.4) is 0 Å². The lowest BCUT2D eigenvalue weighted by Crippen LogP contribution is -2.31. The predicted octanol–water partition coefficient (Wildman–Crippen LogP) is 2.47. The summed E-state index contributed by atoms with van der Waals surface area (Å²) in [5, 5.41) is 0. The van der Waals surface area contributed by atoms with Crippen LogP contribution in [0.5, 0.6) is 0 Å². The van der Waals surface area contributed by atoms with Crippen molar-refractivity contribution < 1.29 is 21.0 Å². The first-order valence-corrected chi connectivity index (χ1v) is 11.1. The number of benzene rings is 2. The van der Waals surface area contributed by atoms with Crippen molar-refractivity contribution in [2.24, 2.45) is 0 Å². The minimum atomic E-state index is -3.92. The van der Waals surface area contributed by atoms with E-state index in [-0.39, 0.29) is 22.9 Å². The summed E-state index contributed by atoms with van der Waals surface area (Å²) >= 11 is 0. The Kier molecular flexibility index (Phi) is 5.21. The van der Waals surface area contributed by atoms with Crippen LogP contribution >= 0.6 is 0 Å². The van der Waals surface area contributed by atoms with Gasteiger partial charge >= 0.3 is 0 Å². The molecule has 1 saturated heterocycles. The fourth-order valence-corrected chi connectivity index (χ4v) is 5.38. The van der Waals surface area contributed by atoms with Crippen molar-refractivity contribution >= 4 is 20.1 Å². The molecule has 0 spiro atoms. The molecule has 26 heavy (non-hydrogen) atoms. The Morgan fingerprint density at radius 1 is 0.846 bits per heavy atom. The molecule has 0 aliphatic carbocycles. The molecule has 0 bridgehead atoms. The van der Waals surface area contributed by atoms with Crippen LogP contribution in [0, 0.1) is 13.8 Å². The molecule has 6 nitrogen and oxygen atoms in total. The molecule has 0 aromatic heterocycles. The standard InChI is InChI=1S/C18H21NO5S2/c1-14-3-7-17(8-4-14)25(20,21)19-12-11-16(13-19)24-26(22,23)18-9-5-15(2)6-10-18/h3-10,16H,11-13H2,1-2H3. The Labute approximate surface area is 154 Å². The second-order valence-corrected chi connectivity index (χ2v) is 9.96. The van der Waals surface area contributed by atoms with Gasteiger partial charge in [-0.05, 0) is 44.5 Å². The summed E-state index contributed by atoms with van der Waals surface area (Å²) in [4.78, 5) is 0.271. The van der Waals surface area contributed by atoms with Crippen LogP contribution in [0.25, 0.3) is 0 Å². The number of aryl methyl sites for hydroxylation is 2. The van der Waals surface area contributed by atoms with Gasteiger partial charge in [0, 0.05) is 13.1 Å². The fourth-order valence-electron chi connectivity index (χ4n) is 2.79. The maximum absolute atomic E-state index is 12.7. The smallest absolute Gasteiger partial charge is 0.262 e. The molecule has 1 fully saturated rings. The molecule has 0 saturated carbocycles. The molecule has 1 atom stereocenters. The van der Waals surface area contributed by atoms with Crippen molar-refractivity contribution in [3.63, 3.8) is 0 Å². The lowest BCUT2D eigenvalue weighted by molar-refractivity contribution is 0.222. The van der Waals surface area contributed by atoms with Crippen molar-refractivity contribution in [2.75, 3.05) is 13.1 Å². The maximum Gasteiger partial charge on any atom is 0.297 e. The highest BCUT2D eigenvalue weighted by atomic mass is 32.2. The average molecular weight is 396 g/mol. The van der Waals surface area contributed by atoms with E-state index in [1.54, 1.807) is 36.4 Å². The van der Waals surface area contributed by atoms with E-state index in [2.05, 4.69) is 0 Å². The van der Waals surface area contributed by atoms with Crippen molar-refractivity contribution in [3.8, 4) is 0 Å². The molecule has 1 aliphatic heterocycles. The van der Waals surface area contributed by atoms with Crippen LogP contribution < -0.4 is 0 Å². The van der Waals surface area contributed by atoms with Gasteiger partial charge in [0.05, 0.1) is 15.9 Å². The van der Waals surface area contributed by atoms with Gasteiger partial charge in [-0.25, -0.2) is 8.42 Å². The van der Waals surface area contributed by atoms with Gasteiger partial charge in [0.25, 0.3) is 10.1 Å². The minimum absolute atomic E-state index is 0.0152. The molecule has 0 radical (unpaired) electrons. The molecule has 0 amide bonds. The van der Waals surface area contributed by atoms with Crippen LogP contribution in [-0.4, -0.2) is 40.3 Å². The van der Waals surface area contributed by atoms with E-state index in [4.69, 9.17) is 4.18 Å². The Morgan fingerprint density at radius 2 is 1.35 bits per heavy atom. The quantitative estimate of drug-likeness (QED) is 0.727. The summed E-state index contributed by atoms with van der Waals surface area (Å²) in [5.74, 6) is 0. The zero-order valence-corrected chi connectivity index (χ0v) is 16.3. The van der Waals surface area contributed by atoms with Gasteiger partial charge in [-0.2, -0.15) is 12.7 Å². The zero-order valence-electron chi connectivity index (χ0n) is 14.6. The van der Waals surface area contributed by atoms with Gasteiger partial charge in [0.2, 0.25) is 10.0 Å². The van der Waals surface area contributed by atoms with Crippen LogP contribution in [0.4, 0.5) is 0 Å². The van der Waals surface area contributed by atoms with Crippen LogP contribution in [0.2, 0.25) is 0 Å². The first-order valence-electron chi connectivity index (χ1n) is 8.25. The van der Waals surface area contributed by atoms with Gasteiger partial charge < -0.3 is 0 Å². The van der Waals surface area contributed by atoms with Gasteiger partial charge in [0.1, 0.15) is 0 Å². The summed E-state index contributed by atoms with van der Waals surface area (Å²) in [6.07, 6.45) is -0.363. The van der Waals surface area contributed by atoms with Crippen molar-refractivity contribution in [3.05, 3.63) is 59.7 Å². The Morgan fingerprint density at radius 3 is 1.88 bits per heavy atom. The molecule has 140 valence electrons. The highest BCUT2D eigenvalue weighted by molar-refractivity contribution is 7.89. The molecule has 1 unspecified atom stereocenters. The summed E-state index contributed by atoms with van der Waals surface area (Å²) < 4.78 is 56.7. The molecule has 3 rings (SSSR count). The summed E-state index contributed by atoms with van der Waals surface area (Å²) in [6, 6.07) is 12.9. The molecule has 0 N–H and O–H groups in total. The van der Waals surface area contributed by atoms with Crippen molar-refractivity contribution in [2.45, 2.75) is 36.2 Å². The molecule has 8 heteroatoms. The molecule has 1 heterocycles. The Balaban J connectivity index is 1.72. The summed E-state index contributed by atoms with van der Waals surface area (Å²) in [7, 11) is -7.58. The highest BCUT2D eigenvalue weighted by Crippen LogP contribution is 2.25. The number of nitrogens with zero attached hydrogens (tertiary/aromatic N) is 1. The van der Waals surface area contributed by atoms with E-state index >= 15 is 0 Å². The summed E-state index contributed by atoms with van der Waals surface area (Å²) in [5.41, 5.74) is 1.91. The van der Waals surface area contributed by atoms with E-state index in [9.17, 15) is 16.8 Å². The van der Waals surface area contributed by atoms with Crippen molar-refractivity contribution in [1.29, 1.82) is 0 Å². The first kappa shape index (κ1) is 19.0. The zero-order chi connectivity index (χ0) is 18.9. The largest absolute Gasteiger partial charge is 0.297 e. The molecule has 2 aromatic rings. The van der Waals surface area contributed by atoms with Gasteiger partial charge in [-0.3, -0.25) is 4.18 Å². The fraction of sp³-hybridized carbons (Fsp3) is 0.333. The lowest BCUT2D eigenvalue weighted by atomic mass is 10.2. The normalized spacial score (nSPS) is 18.9. The average Bonchev–Trinajstić information content (AvgIpc) is 3.04. The number of hydrogen-bond donors (Lipinski definition) is 0. The number of rotatable bonds is 5. The minimum Gasteiger partial charge on any atom is -0.262 e.